The maximum atomic E-state index is 13.9. The molecule has 0 amide bonds. The Bertz CT molecular complexity index is 1780. The lowest BCUT2D eigenvalue weighted by Gasteiger charge is -2.17. The molecule has 2 nitrogen and oxygen atoms in total. The van der Waals surface area contributed by atoms with Gasteiger partial charge in [-0.05, 0) is 38.2 Å². The fraction of sp³-hybridized carbons (Fsp3) is 0. The predicted molar refractivity (Wildman–Crippen MR) is 154 cm³/mol. The van der Waals surface area contributed by atoms with Crippen molar-refractivity contribution < 1.29 is 9.90 Å². The second-order valence-electron chi connectivity index (χ2n) is 9.02. The molecule has 0 saturated heterocycles. The van der Waals surface area contributed by atoms with E-state index in [1.165, 1.54) is 10.8 Å². The number of hydrogen-bond acceptors (Lipinski definition) is 2. The van der Waals surface area contributed by atoms with Crippen molar-refractivity contribution in [1.82, 2.24) is 0 Å². The largest absolute Gasteiger partial charge is 0.507 e. The van der Waals surface area contributed by atoms with Gasteiger partial charge in [-0.1, -0.05) is 140 Å². The zero-order valence-electron chi connectivity index (χ0n) is 20.1. The van der Waals surface area contributed by atoms with E-state index >= 15 is 0 Å². The molecular formula is C35H24O2. The summed E-state index contributed by atoms with van der Waals surface area (Å²) in [5.74, 6) is -0.248. The molecule has 0 atom stereocenters. The minimum absolute atomic E-state index is 0.0301. The average Bonchev–Trinajstić information content (AvgIpc) is 2.98. The summed E-state index contributed by atoms with van der Waals surface area (Å²) in [5.41, 5.74) is 4.34. The molecular weight excluding hydrogens is 452 g/mol. The molecule has 0 aliphatic heterocycles. The van der Waals surface area contributed by atoms with Gasteiger partial charge in [0.2, 0.25) is 0 Å². The van der Waals surface area contributed by atoms with Crippen molar-refractivity contribution in [2.24, 2.45) is 0 Å². The SMILES string of the molecule is O=C(C(=C(O)c1ccccc1)c1ccc(-c2cccc3ccccc23)c2ccccc12)c1ccccc1. The molecule has 37 heavy (non-hydrogen) atoms. The maximum Gasteiger partial charge on any atom is 0.197 e. The van der Waals surface area contributed by atoms with Crippen molar-refractivity contribution in [3.8, 4) is 11.1 Å². The van der Waals surface area contributed by atoms with Crippen LogP contribution in [0, 0.1) is 0 Å². The van der Waals surface area contributed by atoms with Gasteiger partial charge in [0, 0.05) is 11.1 Å². The third-order valence-corrected chi connectivity index (χ3v) is 6.82. The molecule has 6 aromatic rings. The van der Waals surface area contributed by atoms with E-state index in [0.29, 0.717) is 16.7 Å². The van der Waals surface area contributed by atoms with Gasteiger partial charge in [0.15, 0.2) is 5.78 Å². The highest BCUT2D eigenvalue weighted by Crippen LogP contribution is 2.39. The first-order valence-corrected chi connectivity index (χ1v) is 12.3. The van der Waals surface area contributed by atoms with Crippen LogP contribution in [0.1, 0.15) is 21.5 Å². The van der Waals surface area contributed by atoms with Crippen LogP contribution in [0.2, 0.25) is 0 Å². The van der Waals surface area contributed by atoms with Gasteiger partial charge in [0.05, 0.1) is 5.57 Å². The molecule has 6 aromatic carbocycles. The number of hydrogen-bond donors (Lipinski definition) is 1. The van der Waals surface area contributed by atoms with E-state index in [-0.39, 0.29) is 17.1 Å². The summed E-state index contributed by atoms with van der Waals surface area (Å²) in [7, 11) is 0. The van der Waals surface area contributed by atoms with E-state index in [2.05, 4.69) is 48.5 Å². The zero-order valence-corrected chi connectivity index (χ0v) is 20.1. The molecule has 2 heteroatoms. The highest BCUT2D eigenvalue weighted by Gasteiger charge is 2.23. The highest BCUT2D eigenvalue weighted by molar-refractivity contribution is 6.35. The van der Waals surface area contributed by atoms with E-state index in [4.69, 9.17) is 0 Å². The second kappa shape index (κ2) is 9.60. The Balaban J connectivity index is 1.64. The third-order valence-electron chi connectivity index (χ3n) is 6.82. The van der Waals surface area contributed by atoms with E-state index in [0.717, 1.165) is 21.9 Å². The van der Waals surface area contributed by atoms with Gasteiger partial charge in [-0.3, -0.25) is 4.79 Å². The number of fused-ring (bicyclic) bond motifs is 2. The van der Waals surface area contributed by atoms with Gasteiger partial charge < -0.3 is 5.11 Å². The fourth-order valence-corrected chi connectivity index (χ4v) is 5.04. The van der Waals surface area contributed by atoms with Gasteiger partial charge in [0.25, 0.3) is 0 Å². The smallest absolute Gasteiger partial charge is 0.197 e. The first-order chi connectivity index (χ1) is 18.2. The number of Topliss-reactive ketones (excluding diaryl/α,β-unsaturated/α-hetero) is 1. The van der Waals surface area contributed by atoms with Crippen LogP contribution in [0.3, 0.4) is 0 Å². The number of carbonyl (C=O) groups is 1. The van der Waals surface area contributed by atoms with Crippen molar-refractivity contribution >= 4 is 38.7 Å². The second-order valence-corrected chi connectivity index (χ2v) is 9.02. The quantitative estimate of drug-likeness (QED) is 0.117. The van der Waals surface area contributed by atoms with Crippen LogP contribution in [-0.4, -0.2) is 10.9 Å². The van der Waals surface area contributed by atoms with Crippen LogP contribution in [0.25, 0.3) is 44.0 Å². The van der Waals surface area contributed by atoms with Crippen molar-refractivity contribution in [3.05, 3.63) is 156 Å². The topological polar surface area (TPSA) is 37.3 Å². The number of benzene rings is 6. The summed E-state index contributed by atoms with van der Waals surface area (Å²) in [5, 5.41) is 15.8. The third kappa shape index (κ3) is 4.09. The zero-order chi connectivity index (χ0) is 25.2. The summed E-state index contributed by atoms with van der Waals surface area (Å²) in [6, 6.07) is 45.2. The van der Waals surface area contributed by atoms with Crippen molar-refractivity contribution in [2.75, 3.05) is 0 Å². The number of aliphatic hydroxyl groups is 1. The molecule has 0 aliphatic rings. The molecule has 0 spiro atoms. The summed E-state index contributed by atoms with van der Waals surface area (Å²) in [6.07, 6.45) is 0. The van der Waals surface area contributed by atoms with Crippen LogP contribution in [0.15, 0.2) is 140 Å². The lowest BCUT2D eigenvalue weighted by atomic mass is 9.86. The van der Waals surface area contributed by atoms with Gasteiger partial charge in [-0.15, -0.1) is 0 Å². The first kappa shape index (κ1) is 22.5. The summed E-state index contributed by atoms with van der Waals surface area (Å²) >= 11 is 0. The van der Waals surface area contributed by atoms with Crippen molar-refractivity contribution in [3.63, 3.8) is 0 Å². The number of carbonyl (C=O) groups excluding carboxylic acids is 1. The average molecular weight is 477 g/mol. The highest BCUT2D eigenvalue weighted by atomic mass is 16.3. The van der Waals surface area contributed by atoms with Gasteiger partial charge in [-0.2, -0.15) is 0 Å². The number of aliphatic hydroxyl groups excluding tert-OH is 1. The van der Waals surface area contributed by atoms with Crippen molar-refractivity contribution in [2.45, 2.75) is 0 Å². The van der Waals surface area contributed by atoms with Gasteiger partial charge >= 0.3 is 0 Å². The number of allylic oxidation sites excluding steroid dienone is 1. The van der Waals surface area contributed by atoms with E-state index in [9.17, 15) is 9.90 Å². The number of rotatable bonds is 5. The summed E-state index contributed by atoms with van der Waals surface area (Å²) < 4.78 is 0. The Morgan fingerprint density at radius 3 is 1.73 bits per heavy atom. The molecule has 0 aromatic heterocycles. The minimum Gasteiger partial charge on any atom is -0.507 e. The first-order valence-electron chi connectivity index (χ1n) is 12.3. The lowest BCUT2D eigenvalue weighted by Crippen LogP contribution is -2.07. The Kier molecular flexibility index (Phi) is 5.84. The molecule has 6 rings (SSSR count). The van der Waals surface area contributed by atoms with Crippen LogP contribution >= 0.6 is 0 Å². The van der Waals surface area contributed by atoms with Crippen LogP contribution in [-0.2, 0) is 0 Å². The van der Waals surface area contributed by atoms with E-state index in [1.807, 2.05) is 78.9 Å². The Labute approximate surface area is 215 Å². The fourth-order valence-electron chi connectivity index (χ4n) is 5.04. The lowest BCUT2D eigenvalue weighted by molar-refractivity contribution is 0.105. The van der Waals surface area contributed by atoms with E-state index < -0.39 is 0 Å². The molecule has 0 radical (unpaired) electrons. The summed E-state index contributed by atoms with van der Waals surface area (Å²) in [6.45, 7) is 0. The molecule has 176 valence electrons. The van der Waals surface area contributed by atoms with E-state index in [1.54, 1.807) is 12.1 Å². The molecule has 0 unspecified atom stereocenters. The minimum atomic E-state index is -0.218. The normalized spacial score (nSPS) is 11.9. The van der Waals surface area contributed by atoms with Gasteiger partial charge in [0.1, 0.15) is 5.76 Å². The Morgan fingerprint density at radius 2 is 1.00 bits per heavy atom. The Hall–Kier alpha value is -4.95. The van der Waals surface area contributed by atoms with Crippen LogP contribution < -0.4 is 0 Å². The van der Waals surface area contributed by atoms with Crippen molar-refractivity contribution in [1.29, 1.82) is 0 Å². The maximum absolute atomic E-state index is 13.9. The molecule has 0 heterocycles. The molecule has 0 saturated carbocycles. The molecule has 1 N–H and O–H groups in total. The van der Waals surface area contributed by atoms with Gasteiger partial charge in [-0.25, -0.2) is 0 Å². The van der Waals surface area contributed by atoms with Crippen LogP contribution in [0.5, 0.6) is 0 Å². The number of ketones is 1. The molecule has 0 bridgehead atoms. The van der Waals surface area contributed by atoms with Crippen LogP contribution in [0.4, 0.5) is 0 Å². The molecule has 0 fully saturated rings. The predicted octanol–water partition coefficient (Wildman–Crippen LogP) is 8.97. The summed E-state index contributed by atoms with van der Waals surface area (Å²) in [4.78, 5) is 13.9. The Morgan fingerprint density at radius 1 is 0.459 bits per heavy atom. The molecule has 0 aliphatic carbocycles. The standard InChI is InChI=1S/C35H24O2/c36-34(25-13-3-1-4-14-25)33(35(37)26-15-5-2-6-16-26)32-23-22-31(29-19-9-10-20-30(29)32)28-21-11-17-24-12-7-8-18-27(24)28/h1-23,36H. The monoisotopic (exact) mass is 476 g/mol.